The molecule has 0 spiro atoms. The van der Waals surface area contributed by atoms with Gasteiger partial charge in [0.05, 0.1) is 11.6 Å². The highest BCUT2D eigenvalue weighted by Gasteiger charge is 2.10. The van der Waals surface area contributed by atoms with Gasteiger partial charge in [0.2, 0.25) is 5.12 Å². The Kier molecular flexibility index (Phi) is 9.30. The maximum atomic E-state index is 12.3. The van der Waals surface area contributed by atoms with Gasteiger partial charge >= 0.3 is 5.97 Å². The van der Waals surface area contributed by atoms with Crippen molar-refractivity contribution in [3.05, 3.63) is 59.7 Å². The average molecular weight is 396 g/mol. The van der Waals surface area contributed by atoms with Crippen molar-refractivity contribution in [3.8, 4) is 11.8 Å². The molecule has 0 N–H and O–H groups in total. The van der Waals surface area contributed by atoms with Crippen molar-refractivity contribution >= 4 is 22.8 Å². The zero-order valence-electron chi connectivity index (χ0n) is 16.1. The van der Waals surface area contributed by atoms with Crippen molar-refractivity contribution < 1.29 is 14.3 Å². The van der Waals surface area contributed by atoms with Crippen LogP contribution < -0.4 is 4.74 Å². The molecule has 0 aliphatic rings. The zero-order chi connectivity index (χ0) is 20.2. The van der Waals surface area contributed by atoms with Crippen LogP contribution in [-0.2, 0) is 4.79 Å². The van der Waals surface area contributed by atoms with Gasteiger partial charge in [-0.3, -0.25) is 9.59 Å². The van der Waals surface area contributed by atoms with Gasteiger partial charge in [-0.05, 0) is 66.7 Å². The predicted octanol–water partition coefficient (Wildman–Crippen LogP) is 6.15. The minimum atomic E-state index is -0.235. The van der Waals surface area contributed by atoms with Crippen LogP contribution in [0.5, 0.6) is 5.75 Å². The van der Waals surface area contributed by atoms with Gasteiger partial charge in [-0.2, -0.15) is 5.26 Å². The highest BCUT2D eigenvalue weighted by atomic mass is 32.2. The first-order valence-electron chi connectivity index (χ1n) is 9.65. The van der Waals surface area contributed by atoms with Crippen molar-refractivity contribution in [1.82, 2.24) is 0 Å². The van der Waals surface area contributed by atoms with Crippen molar-refractivity contribution in [2.75, 3.05) is 0 Å². The molecule has 28 heavy (non-hydrogen) atoms. The summed E-state index contributed by atoms with van der Waals surface area (Å²) in [6, 6.07) is 15.5. The Bertz CT molecular complexity index is 807. The van der Waals surface area contributed by atoms with E-state index in [1.165, 1.54) is 19.3 Å². The van der Waals surface area contributed by atoms with Gasteiger partial charge in [0.15, 0.2) is 0 Å². The van der Waals surface area contributed by atoms with Crippen molar-refractivity contribution in [3.63, 3.8) is 0 Å². The molecule has 0 radical (unpaired) electrons. The van der Waals surface area contributed by atoms with E-state index in [1.54, 1.807) is 48.5 Å². The summed E-state index contributed by atoms with van der Waals surface area (Å²) in [5.74, 6) is 0.220. The molecule has 146 valence electrons. The Hall–Kier alpha value is -2.58. The molecule has 0 unspecified atom stereocenters. The highest BCUT2D eigenvalue weighted by Crippen LogP contribution is 2.24. The molecule has 0 aromatic heterocycles. The molecule has 2 aromatic carbocycles. The topological polar surface area (TPSA) is 67.2 Å². The van der Waals surface area contributed by atoms with Crippen LogP contribution in [0.1, 0.15) is 67.8 Å². The number of ether oxygens (including phenoxy) is 1. The Morgan fingerprint density at radius 1 is 0.929 bits per heavy atom. The molecule has 0 fully saturated rings. The summed E-state index contributed by atoms with van der Waals surface area (Å²) in [7, 11) is 0. The van der Waals surface area contributed by atoms with E-state index in [4.69, 9.17) is 10.00 Å². The summed E-state index contributed by atoms with van der Waals surface area (Å²) in [6.07, 6.45) is 7.17. The Morgan fingerprint density at radius 3 is 2.21 bits per heavy atom. The van der Waals surface area contributed by atoms with E-state index < -0.39 is 0 Å². The molecule has 0 saturated carbocycles. The van der Waals surface area contributed by atoms with Crippen LogP contribution in [0.25, 0.3) is 0 Å². The molecule has 0 saturated heterocycles. The van der Waals surface area contributed by atoms with Crippen molar-refractivity contribution in [2.24, 2.45) is 0 Å². The third-order valence-corrected chi connectivity index (χ3v) is 5.18. The van der Waals surface area contributed by atoms with Gasteiger partial charge < -0.3 is 4.74 Å². The SMILES string of the molecule is CCCCCCCCC(=O)Oc1ccc(C(=O)Sc2ccc(C#N)cc2)cc1. The number of esters is 1. The van der Waals surface area contributed by atoms with E-state index in [2.05, 4.69) is 6.92 Å². The first-order chi connectivity index (χ1) is 13.6. The lowest BCUT2D eigenvalue weighted by Crippen LogP contribution is -2.07. The number of carbonyl (C=O) groups excluding carboxylic acids is 2. The summed E-state index contributed by atoms with van der Waals surface area (Å²) in [5.41, 5.74) is 1.09. The Balaban J connectivity index is 1.77. The first-order valence-corrected chi connectivity index (χ1v) is 10.5. The number of thioether (sulfide) groups is 1. The summed E-state index contributed by atoms with van der Waals surface area (Å²) >= 11 is 1.10. The van der Waals surface area contributed by atoms with Crippen LogP contribution in [0.4, 0.5) is 0 Å². The zero-order valence-corrected chi connectivity index (χ0v) is 17.0. The van der Waals surface area contributed by atoms with Crippen LogP contribution >= 0.6 is 11.8 Å². The van der Waals surface area contributed by atoms with Gasteiger partial charge in [0.25, 0.3) is 0 Å². The van der Waals surface area contributed by atoms with Crippen molar-refractivity contribution in [2.45, 2.75) is 56.8 Å². The Labute approximate surface area is 170 Å². The third-order valence-electron chi connectivity index (χ3n) is 4.25. The quantitative estimate of drug-likeness (QED) is 0.209. The molecular weight excluding hydrogens is 370 g/mol. The third kappa shape index (κ3) is 7.58. The number of unbranched alkanes of at least 4 members (excludes halogenated alkanes) is 5. The molecule has 0 amide bonds. The summed E-state index contributed by atoms with van der Waals surface area (Å²) in [4.78, 5) is 25.0. The van der Waals surface area contributed by atoms with E-state index in [0.29, 0.717) is 23.3 Å². The largest absolute Gasteiger partial charge is 0.427 e. The molecule has 0 bridgehead atoms. The second-order valence-electron chi connectivity index (χ2n) is 6.54. The fraction of sp³-hybridized carbons (Fsp3) is 0.348. The number of nitrogens with zero attached hydrogens (tertiary/aromatic N) is 1. The molecule has 0 aliphatic carbocycles. The number of nitriles is 1. The molecule has 4 nitrogen and oxygen atoms in total. The molecule has 5 heteroatoms. The lowest BCUT2D eigenvalue weighted by Gasteiger charge is -2.06. The van der Waals surface area contributed by atoms with Crippen LogP contribution in [0, 0.1) is 11.3 Å². The van der Waals surface area contributed by atoms with Gasteiger partial charge in [-0.25, -0.2) is 0 Å². The molecule has 0 atom stereocenters. The lowest BCUT2D eigenvalue weighted by atomic mass is 10.1. The summed E-state index contributed by atoms with van der Waals surface area (Å²) in [5, 5.41) is 8.71. The molecule has 2 aromatic rings. The number of benzene rings is 2. The predicted molar refractivity (Wildman–Crippen MR) is 111 cm³/mol. The number of carbonyl (C=O) groups is 2. The molecule has 0 aliphatic heterocycles. The molecule has 2 rings (SSSR count). The number of rotatable bonds is 10. The fourth-order valence-corrected chi connectivity index (χ4v) is 3.39. The molecular formula is C23H25NO3S. The lowest BCUT2D eigenvalue weighted by molar-refractivity contribution is -0.134. The summed E-state index contributed by atoms with van der Waals surface area (Å²) in [6.45, 7) is 2.18. The van der Waals surface area contributed by atoms with Crippen molar-refractivity contribution in [1.29, 1.82) is 5.26 Å². The summed E-state index contributed by atoms with van der Waals surface area (Å²) < 4.78 is 5.33. The number of hydrogen-bond donors (Lipinski definition) is 0. The highest BCUT2D eigenvalue weighted by molar-refractivity contribution is 8.14. The van der Waals surface area contributed by atoms with Gasteiger partial charge in [0, 0.05) is 16.9 Å². The molecule has 0 heterocycles. The normalized spacial score (nSPS) is 10.3. The smallest absolute Gasteiger partial charge is 0.311 e. The maximum absolute atomic E-state index is 12.3. The average Bonchev–Trinajstić information content (AvgIpc) is 2.71. The van der Waals surface area contributed by atoms with Gasteiger partial charge in [0.1, 0.15) is 5.75 Å². The van der Waals surface area contributed by atoms with Crippen LogP contribution in [0.2, 0.25) is 0 Å². The van der Waals surface area contributed by atoms with Crippen LogP contribution in [0.3, 0.4) is 0 Å². The van der Waals surface area contributed by atoms with E-state index in [9.17, 15) is 9.59 Å². The van der Waals surface area contributed by atoms with E-state index in [-0.39, 0.29) is 11.1 Å². The first kappa shape index (κ1) is 21.7. The minimum Gasteiger partial charge on any atom is -0.427 e. The van der Waals surface area contributed by atoms with Crippen LogP contribution in [0.15, 0.2) is 53.4 Å². The monoisotopic (exact) mass is 395 g/mol. The second-order valence-corrected chi connectivity index (χ2v) is 7.59. The minimum absolute atomic E-state index is 0.102. The number of hydrogen-bond acceptors (Lipinski definition) is 5. The van der Waals surface area contributed by atoms with Gasteiger partial charge in [-0.1, -0.05) is 39.0 Å². The standard InChI is InChI=1S/C23H25NO3S/c1-2-3-4-5-6-7-8-22(25)27-20-13-11-19(12-14-20)23(26)28-21-15-9-18(17-24)10-16-21/h9-16H,2-8H2,1H3. The Morgan fingerprint density at radius 2 is 1.57 bits per heavy atom. The second kappa shape index (κ2) is 12.0. The van der Waals surface area contributed by atoms with E-state index in [1.807, 2.05) is 6.07 Å². The maximum Gasteiger partial charge on any atom is 0.311 e. The van der Waals surface area contributed by atoms with E-state index >= 15 is 0 Å². The van der Waals surface area contributed by atoms with E-state index in [0.717, 1.165) is 35.9 Å². The van der Waals surface area contributed by atoms with Crippen LogP contribution in [-0.4, -0.2) is 11.1 Å². The fourth-order valence-electron chi connectivity index (χ4n) is 2.65. The van der Waals surface area contributed by atoms with Gasteiger partial charge in [-0.15, -0.1) is 0 Å².